The van der Waals surface area contributed by atoms with E-state index in [1.54, 1.807) is 22.5 Å². The quantitative estimate of drug-likeness (QED) is 0.706. The first-order valence-corrected chi connectivity index (χ1v) is 7.83. The first kappa shape index (κ1) is 15.9. The Balaban J connectivity index is 1.87. The average Bonchev–Trinajstić information content (AvgIpc) is 2.96. The smallest absolute Gasteiger partial charge is 0.437 e. The number of nitrogens with zero attached hydrogens (tertiary/aromatic N) is 4. The van der Waals surface area contributed by atoms with Gasteiger partial charge in [0.15, 0.2) is 11.6 Å². The average molecular weight is 353 g/mol. The molecule has 1 amide bonds. The van der Waals surface area contributed by atoms with Crippen molar-refractivity contribution < 1.29 is 19.1 Å². The lowest BCUT2D eigenvalue weighted by Crippen LogP contribution is -2.35. The van der Waals surface area contributed by atoms with Gasteiger partial charge in [-0.15, -0.1) is 0 Å². The van der Waals surface area contributed by atoms with E-state index in [1.165, 1.54) is 13.4 Å². The second-order valence-electron chi connectivity index (χ2n) is 5.70. The van der Waals surface area contributed by atoms with Gasteiger partial charge in [0.25, 0.3) is 0 Å². The highest BCUT2D eigenvalue weighted by Gasteiger charge is 2.27. The van der Waals surface area contributed by atoms with Gasteiger partial charge in [-0.05, 0) is 19.1 Å². The summed E-state index contributed by atoms with van der Waals surface area (Å²) < 4.78 is 11.3. The third-order valence-electron chi connectivity index (χ3n) is 4.15. The molecule has 0 aliphatic carbocycles. The first-order valence-electron chi connectivity index (χ1n) is 7.83. The van der Waals surface area contributed by atoms with Crippen molar-refractivity contribution in [2.75, 3.05) is 23.9 Å². The number of ether oxygens (including phenoxy) is 2. The molecule has 0 atom stereocenters. The number of carbonyl (C=O) groups excluding carboxylic acids is 2. The zero-order valence-corrected chi connectivity index (χ0v) is 14.1. The van der Waals surface area contributed by atoms with Crippen molar-refractivity contribution in [3.63, 3.8) is 0 Å². The van der Waals surface area contributed by atoms with Gasteiger partial charge in [0.2, 0.25) is 5.91 Å². The van der Waals surface area contributed by atoms with E-state index < -0.39 is 6.16 Å². The number of benzene rings is 1. The molecule has 3 heterocycles. The number of anilines is 3. The van der Waals surface area contributed by atoms with Crippen molar-refractivity contribution in [2.45, 2.75) is 6.92 Å². The molecule has 1 N–H and O–H groups in total. The van der Waals surface area contributed by atoms with Crippen LogP contribution in [0.15, 0.2) is 36.8 Å². The summed E-state index contributed by atoms with van der Waals surface area (Å²) in [4.78, 5) is 29.8. The van der Waals surface area contributed by atoms with Gasteiger partial charge >= 0.3 is 6.16 Å². The molecule has 0 radical (unpaired) electrons. The van der Waals surface area contributed by atoms with Crippen LogP contribution in [0.4, 0.5) is 22.0 Å². The molecule has 2 aromatic heterocycles. The van der Waals surface area contributed by atoms with Crippen molar-refractivity contribution in [1.82, 2.24) is 14.6 Å². The summed E-state index contributed by atoms with van der Waals surface area (Å²) in [6.45, 7) is 1.90. The van der Waals surface area contributed by atoms with Gasteiger partial charge in [0, 0.05) is 5.56 Å². The Labute approximate surface area is 148 Å². The number of hydrogen-bond donors (Lipinski definition) is 1. The molecule has 26 heavy (non-hydrogen) atoms. The fourth-order valence-corrected chi connectivity index (χ4v) is 2.97. The number of para-hydroxylation sites is 2. The maximum absolute atomic E-state index is 12.1. The largest absolute Gasteiger partial charge is 0.513 e. The van der Waals surface area contributed by atoms with E-state index >= 15 is 0 Å². The van der Waals surface area contributed by atoms with Crippen molar-refractivity contribution in [3.05, 3.63) is 42.4 Å². The molecule has 0 fully saturated rings. The number of hydrogen-bond acceptors (Lipinski definition) is 7. The van der Waals surface area contributed by atoms with Crippen LogP contribution in [0.5, 0.6) is 5.75 Å². The van der Waals surface area contributed by atoms with Crippen molar-refractivity contribution in [1.29, 1.82) is 0 Å². The third kappa shape index (κ3) is 2.50. The summed E-state index contributed by atoms with van der Waals surface area (Å²) in [6, 6.07) is 7.47. The normalized spacial score (nSPS) is 13.3. The van der Waals surface area contributed by atoms with Crippen molar-refractivity contribution in [2.24, 2.45) is 0 Å². The maximum atomic E-state index is 12.1. The predicted octanol–water partition coefficient (Wildman–Crippen LogP) is 2.27. The molecule has 0 unspecified atom stereocenters. The Bertz CT molecular complexity index is 1030. The highest BCUT2D eigenvalue weighted by molar-refractivity contribution is 6.04. The van der Waals surface area contributed by atoms with Crippen LogP contribution in [0.25, 0.3) is 5.52 Å². The van der Waals surface area contributed by atoms with Gasteiger partial charge in [-0.25, -0.2) is 14.3 Å². The summed E-state index contributed by atoms with van der Waals surface area (Å²) in [5, 5.41) is 7.02. The molecular formula is C17H15N5O4. The summed E-state index contributed by atoms with van der Waals surface area (Å²) >= 11 is 0. The van der Waals surface area contributed by atoms with Crippen LogP contribution in [0, 0.1) is 6.92 Å². The molecule has 0 bridgehead atoms. The molecule has 9 nitrogen and oxygen atoms in total. The minimum atomic E-state index is -0.818. The zero-order valence-electron chi connectivity index (χ0n) is 14.1. The van der Waals surface area contributed by atoms with Crippen LogP contribution in [0.2, 0.25) is 0 Å². The van der Waals surface area contributed by atoms with E-state index in [0.717, 1.165) is 5.69 Å². The number of rotatable bonds is 2. The lowest BCUT2D eigenvalue weighted by molar-refractivity contribution is -0.115. The van der Waals surface area contributed by atoms with Crippen LogP contribution in [-0.4, -0.2) is 40.3 Å². The van der Waals surface area contributed by atoms with Gasteiger partial charge in [-0.1, -0.05) is 12.1 Å². The second kappa shape index (κ2) is 6.03. The van der Waals surface area contributed by atoms with Crippen LogP contribution in [-0.2, 0) is 9.53 Å². The van der Waals surface area contributed by atoms with E-state index in [1.807, 2.05) is 24.3 Å². The molecule has 3 aromatic rings. The number of aryl methyl sites for hydroxylation is 1. The minimum absolute atomic E-state index is 0.113. The van der Waals surface area contributed by atoms with E-state index in [9.17, 15) is 9.59 Å². The topological polar surface area (TPSA) is 98.1 Å². The molecule has 1 aliphatic heterocycles. The first-order chi connectivity index (χ1) is 12.6. The number of fused-ring (bicyclic) bond motifs is 2. The van der Waals surface area contributed by atoms with Crippen molar-refractivity contribution in [3.8, 4) is 5.75 Å². The SMILES string of the molecule is COC(=O)Oc1cn2ncnc(N3CC(=O)Nc4ccccc43)c2c1C. The van der Waals surface area contributed by atoms with E-state index in [-0.39, 0.29) is 12.5 Å². The Morgan fingerprint density at radius 3 is 2.92 bits per heavy atom. The lowest BCUT2D eigenvalue weighted by Gasteiger charge is -2.30. The summed E-state index contributed by atoms with van der Waals surface area (Å²) in [7, 11) is 1.24. The van der Waals surface area contributed by atoms with Gasteiger partial charge in [-0.2, -0.15) is 5.10 Å². The van der Waals surface area contributed by atoms with Gasteiger partial charge in [-0.3, -0.25) is 4.79 Å². The molecule has 9 heteroatoms. The Kier molecular flexibility index (Phi) is 3.68. The predicted molar refractivity (Wildman–Crippen MR) is 92.8 cm³/mol. The van der Waals surface area contributed by atoms with Crippen LogP contribution >= 0.6 is 0 Å². The van der Waals surface area contributed by atoms with E-state index in [2.05, 4.69) is 20.1 Å². The Morgan fingerprint density at radius 2 is 2.12 bits per heavy atom. The highest BCUT2D eigenvalue weighted by atomic mass is 16.7. The monoisotopic (exact) mass is 353 g/mol. The van der Waals surface area contributed by atoms with Crippen LogP contribution in [0.1, 0.15) is 5.56 Å². The maximum Gasteiger partial charge on any atom is 0.513 e. The van der Waals surface area contributed by atoms with Gasteiger partial charge in [0.05, 0.1) is 24.7 Å². The van der Waals surface area contributed by atoms with Crippen LogP contribution < -0.4 is 15.0 Å². The van der Waals surface area contributed by atoms with E-state index in [0.29, 0.717) is 28.3 Å². The Morgan fingerprint density at radius 1 is 1.31 bits per heavy atom. The number of carbonyl (C=O) groups is 2. The number of nitrogens with one attached hydrogen (secondary N) is 1. The standard InChI is InChI=1S/C17H15N5O4/c1-10-13(26-17(24)25-2)7-22-15(10)16(18-9-19-22)21-8-14(23)20-11-5-3-4-6-12(11)21/h3-7,9H,8H2,1-2H3,(H,20,23). The zero-order chi connectivity index (χ0) is 18.3. The summed E-state index contributed by atoms with van der Waals surface area (Å²) in [5.41, 5.74) is 2.82. The molecule has 1 aromatic carbocycles. The minimum Gasteiger partial charge on any atom is -0.437 e. The number of aromatic nitrogens is 3. The summed E-state index contributed by atoms with van der Waals surface area (Å²) in [6.07, 6.45) is 2.14. The molecule has 132 valence electrons. The Hall–Kier alpha value is -3.62. The number of amides is 1. The highest BCUT2D eigenvalue weighted by Crippen LogP contribution is 2.38. The fourth-order valence-electron chi connectivity index (χ4n) is 2.97. The third-order valence-corrected chi connectivity index (χ3v) is 4.15. The van der Waals surface area contributed by atoms with Crippen molar-refractivity contribution >= 4 is 34.8 Å². The molecule has 0 spiro atoms. The molecular weight excluding hydrogens is 338 g/mol. The molecule has 0 saturated heterocycles. The number of methoxy groups -OCH3 is 1. The summed E-state index contributed by atoms with van der Waals surface area (Å²) in [5.74, 6) is 0.712. The lowest BCUT2D eigenvalue weighted by atomic mass is 10.2. The molecule has 0 saturated carbocycles. The molecule has 1 aliphatic rings. The molecule has 4 rings (SSSR count). The van der Waals surface area contributed by atoms with Gasteiger partial charge in [0.1, 0.15) is 18.4 Å². The van der Waals surface area contributed by atoms with Gasteiger partial charge < -0.3 is 19.7 Å². The van der Waals surface area contributed by atoms with Crippen LogP contribution in [0.3, 0.4) is 0 Å². The fraction of sp³-hybridized carbons (Fsp3) is 0.176. The second-order valence-corrected chi connectivity index (χ2v) is 5.70. The van der Waals surface area contributed by atoms with E-state index in [4.69, 9.17) is 4.74 Å².